The zero-order chi connectivity index (χ0) is 22.1. The smallest absolute Gasteiger partial charge is 0.339 e. The van der Waals surface area contributed by atoms with Gasteiger partial charge in [-0.1, -0.05) is 18.2 Å². The summed E-state index contributed by atoms with van der Waals surface area (Å²) in [6, 6.07) is 16.2. The number of para-hydroxylation sites is 1. The Balaban J connectivity index is 1.49. The summed E-state index contributed by atoms with van der Waals surface area (Å²) in [4.78, 5) is 30.3. The molecule has 6 heteroatoms. The van der Waals surface area contributed by atoms with E-state index in [4.69, 9.17) is 14.1 Å². The second-order valence-electron chi connectivity index (χ2n) is 7.52. The molecule has 5 nitrogen and oxygen atoms in total. The monoisotopic (exact) mass is 427 g/mol. The summed E-state index contributed by atoms with van der Waals surface area (Å²) in [5.74, 6) is -0.686. The Kier molecular flexibility index (Phi) is 5.11. The molecule has 2 aromatic carbocycles. The zero-order valence-electron chi connectivity index (χ0n) is 17.0. The summed E-state index contributed by atoms with van der Waals surface area (Å²) in [5.41, 5.74) is 3.93. The summed E-state index contributed by atoms with van der Waals surface area (Å²) >= 11 is 0. The molecule has 0 spiro atoms. The molecule has 0 saturated carbocycles. The maximum Gasteiger partial charge on any atom is 0.339 e. The van der Waals surface area contributed by atoms with Crippen LogP contribution < -0.4 is 0 Å². The summed E-state index contributed by atoms with van der Waals surface area (Å²) in [6.07, 6.45) is 4.89. The largest absolute Gasteiger partial charge is 0.465 e. The second-order valence-corrected chi connectivity index (χ2v) is 7.52. The number of nitrogens with zero attached hydrogens (tertiary/aromatic N) is 1. The van der Waals surface area contributed by atoms with E-state index in [1.54, 1.807) is 6.26 Å². The number of carbonyl (C=O) groups excluding carboxylic acids is 2. The Morgan fingerprint density at radius 1 is 1.03 bits per heavy atom. The van der Waals surface area contributed by atoms with Gasteiger partial charge in [-0.05, 0) is 72.5 Å². The second kappa shape index (κ2) is 8.23. The van der Waals surface area contributed by atoms with Crippen molar-refractivity contribution < 1.29 is 23.1 Å². The quantitative estimate of drug-likeness (QED) is 0.311. The number of hydrogen-bond donors (Lipinski definition) is 0. The topological polar surface area (TPSA) is 69.4 Å². The summed E-state index contributed by atoms with van der Waals surface area (Å²) in [7, 11) is 0. The van der Waals surface area contributed by atoms with Gasteiger partial charge in [0.15, 0.2) is 12.4 Å². The molecule has 0 atom stereocenters. The maximum absolute atomic E-state index is 13.1. The minimum Gasteiger partial charge on any atom is -0.465 e. The molecular formula is C26H18FNO4. The number of allylic oxidation sites excluding steroid dienone is 1. The van der Waals surface area contributed by atoms with E-state index in [1.165, 1.54) is 24.3 Å². The van der Waals surface area contributed by atoms with Crippen LogP contribution in [0.15, 0.2) is 71.3 Å². The first-order chi connectivity index (χ1) is 15.6. The van der Waals surface area contributed by atoms with Crippen molar-refractivity contribution >= 4 is 34.3 Å². The van der Waals surface area contributed by atoms with Gasteiger partial charge in [-0.15, -0.1) is 0 Å². The highest BCUT2D eigenvalue weighted by molar-refractivity contribution is 6.08. The third-order valence-corrected chi connectivity index (χ3v) is 5.51. The van der Waals surface area contributed by atoms with Gasteiger partial charge < -0.3 is 9.15 Å². The van der Waals surface area contributed by atoms with E-state index in [2.05, 4.69) is 0 Å². The summed E-state index contributed by atoms with van der Waals surface area (Å²) in [5, 5.41) is 0.685. The number of aromatic nitrogens is 1. The summed E-state index contributed by atoms with van der Waals surface area (Å²) in [6.45, 7) is -0.426. The molecule has 4 aromatic rings. The number of hydrogen-bond acceptors (Lipinski definition) is 5. The van der Waals surface area contributed by atoms with Crippen molar-refractivity contribution in [2.45, 2.75) is 12.8 Å². The van der Waals surface area contributed by atoms with E-state index < -0.39 is 24.2 Å². The fourth-order valence-electron chi connectivity index (χ4n) is 3.98. The van der Waals surface area contributed by atoms with Gasteiger partial charge in [-0.3, -0.25) is 4.79 Å². The van der Waals surface area contributed by atoms with Crippen LogP contribution in [0.2, 0.25) is 0 Å². The molecule has 0 bridgehead atoms. The fourth-order valence-corrected chi connectivity index (χ4v) is 3.98. The highest BCUT2D eigenvalue weighted by atomic mass is 19.1. The van der Waals surface area contributed by atoms with Gasteiger partial charge in [0.25, 0.3) is 0 Å². The first-order valence-corrected chi connectivity index (χ1v) is 10.2. The average Bonchev–Trinajstić information content (AvgIpc) is 3.46. The fraction of sp³-hybridized carbons (Fsp3) is 0.115. The zero-order valence-corrected chi connectivity index (χ0v) is 17.0. The molecule has 5 rings (SSSR count). The van der Waals surface area contributed by atoms with Crippen molar-refractivity contribution in [3.05, 3.63) is 101 Å². The predicted molar refractivity (Wildman–Crippen MR) is 118 cm³/mol. The molecule has 0 fully saturated rings. The van der Waals surface area contributed by atoms with E-state index in [-0.39, 0.29) is 5.56 Å². The Morgan fingerprint density at radius 2 is 1.84 bits per heavy atom. The van der Waals surface area contributed by atoms with Crippen molar-refractivity contribution in [2.75, 3.05) is 6.61 Å². The molecule has 0 radical (unpaired) electrons. The number of benzene rings is 2. The number of esters is 1. The molecule has 0 amide bonds. The molecule has 2 aromatic heterocycles. The van der Waals surface area contributed by atoms with E-state index >= 15 is 0 Å². The number of Topliss-reactive ketones (excluding diaryl/α,β-unsaturated/α-hetero) is 1. The average molecular weight is 427 g/mol. The van der Waals surface area contributed by atoms with Crippen LogP contribution in [0.25, 0.3) is 22.6 Å². The van der Waals surface area contributed by atoms with Gasteiger partial charge in [0, 0.05) is 10.9 Å². The summed E-state index contributed by atoms with van der Waals surface area (Å²) < 4.78 is 23.9. The van der Waals surface area contributed by atoms with E-state index in [0.717, 1.165) is 22.6 Å². The normalized spacial score (nSPS) is 14.0. The van der Waals surface area contributed by atoms with Gasteiger partial charge in [0.05, 0.1) is 23.0 Å². The van der Waals surface area contributed by atoms with Crippen molar-refractivity contribution in [3.8, 4) is 0 Å². The number of ether oxygens (including phenoxy) is 1. The lowest BCUT2D eigenvalue weighted by Crippen LogP contribution is -2.16. The van der Waals surface area contributed by atoms with Crippen LogP contribution in [0.3, 0.4) is 0 Å². The number of rotatable bonds is 5. The van der Waals surface area contributed by atoms with E-state index in [0.29, 0.717) is 29.3 Å². The van der Waals surface area contributed by atoms with Crippen LogP contribution in [0.5, 0.6) is 0 Å². The van der Waals surface area contributed by atoms with Crippen molar-refractivity contribution in [3.63, 3.8) is 0 Å². The third kappa shape index (κ3) is 3.71. The molecular weight excluding hydrogens is 409 g/mol. The number of furan rings is 1. The molecule has 158 valence electrons. The molecule has 0 saturated heterocycles. The van der Waals surface area contributed by atoms with Crippen molar-refractivity contribution in [2.24, 2.45) is 0 Å². The molecule has 1 aliphatic rings. The minimum atomic E-state index is -0.574. The Bertz CT molecular complexity index is 1350. The number of ketones is 1. The molecule has 0 unspecified atom stereocenters. The van der Waals surface area contributed by atoms with Crippen LogP contribution >= 0.6 is 0 Å². The van der Waals surface area contributed by atoms with Crippen LogP contribution in [0.4, 0.5) is 4.39 Å². The number of halogens is 1. The lowest BCUT2D eigenvalue weighted by atomic mass is 10.0. The number of carbonyl (C=O) groups is 2. The Morgan fingerprint density at radius 3 is 2.62 bits per heavy atom. The van der Waals surface area contributed by atoms with Crippen LogP contribution in [0, 0.1) is 5.82 Å². The van der Waals surface area contributed by atoms with Gasteiger partial charge in [-0.2, -0.15) is 0 Å². The number of fused-ring (bicyclic) bond motifs is 2. The van der Waals surface area contributed by atoms with E-state index in [1.807, 2.05) is 42.5 Å². The standard InChI is InChI=1S/C26H18FNO4/c27-18-10-7-16(8-11-18)23(29)15-32-26(30)24-20-5-1-2-6-22(20)28-25-17(9-12-21(24)25)14-19-4-3-13-31-19/h1-8,10-11,13-14H,9,12,15H2/b17-14+. The maximum atomic E-state index is 13.1. The van der Waals surface area contributed by atoms with Crippen LogP contribution in [0.1, 0.15) is 44.2 Å². The highest BCUT2D eigenvalue weighted by Crippen LogP contribution is 2.37. The molecule has 2 heterocycles. The predicted octanol–water partition coefficient (Wildman–Crippen LogP) is 5.49. The molecule has 0 aliphatic heterocycles. The first-order valence-electron chi connectivity index (χ1n) is 10.2. The molecule has 32 heavy (non-hydrogen) atoms. The van der Waals surface area contributed by atoms with Crippen LogP contribution in [-0.2, 0) is 11.2 Å². The van der Waals surface area contributed by atoms with Crippen LogP contribution in [-0.4, -0.2) is 23.3 Å². The van der Waals surface area contributed by atoms with Crippen molar-refractivity contribution in [1.82, 2.24) is 4.98 Å². The van der Waals surface area contributed by atoms with E-state index in [9.17, 15) is 14.0 Å². The molecule has 1 aliphatic carbocycles. The van der Waals surface area contributed by atoms with Gasteiger partial charge in [0.2, 0.25) is 0 Å². The van der Waals surface area contributed by atoms with Crippen molar-refractivity contribution in [1.29, 1.82) is 0 Å². The molecule has 0 N–H and O–H groups in total. The van der Waals surface area contributed by atoms with Gasteiger partial charge in [-0.25, -0.2) is 14.2 Å². The Hall–Kier alpha value is -4.06. The minimum absolute atomic E-state index is 0.285. The number of pyridine rings is 1. The third-order valence-electron chi connectivity index (χ3n) is 5.51. The lowest BCUT2D eigenvalue weighted by molar-refractivity contribution is 0.0475. The lowest BCUT2D eigenvalue weighted by Gasteiger charge is -2.12. The highest BCUT2D eigenvalue weighted by Gasteiger charge is 2.28. The Labute approximate surface area is 183 Å². The van der Waals surface area contributed by atoms with Gasteiger partial charge in [0.1, 0.15) is 11.6 Å². The first kappa shape index (κ1) is 19.9. The SMILES string of the molecule is O=C(COC(=O)c1c2c(nc3ccccc13)/C(=C/c1ccco1)CC2)c1ccc(F)cc1. The van der Waals surface area contributed by atoms with Gasteiger partial charge >= 0.3 is 5.97 Å².